The third kappa shape index (κ3) is 4.68. The second-order valence-corrected chi connectivity index (χ2v) is 8.34. The number of methoxy groups -OCH3 is 1. The molecule has 1 aromatic rings. The first-order chi connectivity index (χ1) is 11.2. The number of benzene rings is 1. The van der Waals surface area contributed by atoms with E-state index in [9.17, 15) is 18.0 Å². The summed E-state index contributed by atoms with van der Waals surface area (Å²) < 4.78 is 27.6. The van der Waals surface area contributed by atoms with Crippen LogP contribution in [0.5, 0.6) is 0 Å². The number of anilines is 1. The van der Waals surface area contributed by atoms with Crippen molar-refractivity contribution >= 4 is 39.0 Å². The largest absolute Gasteiger partial charge is 0.465 e. The molecule has 0 bridgehead atoms. The highest BCUT2D eigenvalue weighted by molar-refractivity contribution is 7.91. The van der Waals surface area contributed by atoms with Crippen LogP contribution >= 0.6 is 11.6 Å². The summed E-state index contributed by atoms with van der Waals surface area (Å²) >= 11 is 6.03. The molecule has 1 fully saturated rings. The topological polar surface area (TPSA) is 92.8 Å². The van der Waals surface area contributed by atoms with Crippen molar-refractivity contribution in [2.45, 2.75) is 12.5 Å². The third-order valence-corrected chi connectivity index (χ3v) is 5.97. The quantitative estimate of drug-likeness (QED) is 0.778. The number of hydrogen-bond donors (Lipinski definition) is 1. The van der Waals surface area contributed by atoms with Gasteiger partial charge in [-0.25, -0.2) is 13.2 Å². The van der Waals surface area contributed by atoms with Gasteiger partial charge in [0.2, 0.25) is 5.91 Å². The standard InChI is InChI=1S/C15H19ClN2O5S/c1-18(11-5-6-24(21,22)9-11)8-14(19)17-13-7-10(15(20)23-2)3-4-12(13)16/h3-4,7,11H,5-6,8-9H2,1-2H3,(H,17,19). The molecule has 1 aliphatic heterocycles. The van der Waals surface area contributed by atoms with E-state index in [2.05, 4.69) is 10.1 Å². The smallest absolute Gasteiger partial charge is 0.337 e. The maximum atomic E-state index is 12.2. The van der Waals surface area contributed by atoms with Gasteiger partial charge < -0.3 is 10.1 Å². The zero-order valence-electron chi connectivity index (χ0n) is 13.4. The minimum atomic E-state index is -3.01. The molecule has 1 heterocycles. The summed E-state index contributed by atoms with van der Waals surface area (Å²) in [5.41, 5.74) is 0.574. The van der Waals surface area contributed by atoms with Crippen LogP contribution in [-0.2, 0) is 19.4 Å². The molecule has 1 N–H and O–H groups in total. The Morgan fingerprint density at radius 3 is 2.71 bits per heavy atom. The Balaban J connectivity index is 2.00. The molecule has 0 radical (unpaired) electrons. The highest BCUT2D eigenvalue weighted by atomic mass is 35.5. The van der Waals surface area contributed by atoms with E-state index in [4.69, 9.17) is 11.6 Å². The van der Waals surface area contributed by atoms with Crippen LogP contribution in [0.1, 0.15) is 16.8 Å². The van der Waals surface area contributed by atoms with Gasteiger partial charge in [0.15, 0.2) is 9.84 Å². The normalized spacial score (nSPS) is 19.2. The second kappa shape index (κ2) is 7.50. The second-order valence-electron chi connectivity index (χ2n) is 5.71. The molecule has 1 unspecified atom stereocenters. The number of carbonyl (C=O) groups excluding carboxylic acids is 2. The van der Waals surface area contributed by atoms with Crippen LogP contribution in [0.3, 0.4) is 0 Å². The SMILES string of the molecule is COC(=O)c1ccc(Cl)c(NC(=O)CN(C)C2CCS(=O)(=O)C2)c1. The van der Waals surface area contributed by atoms with Gasteiger partial charge in [-0.1, -0.05) is 11.6 Å². The van der Waals surface area contributed by atoms with E-state index in [-0.39, 0.29) is 35.6 Å². The Labute approximate surface area is 145 Å². The zero-order valence-corrected chi connectivity index (χ0v) is 15.0. The van der Waals surface area contributed by atoms with Crippen LogP contribution in [0.2, 0.25) is 5.02 Å². The van der Waals surface area contributed by atoms with Gasteiger partial charge in [0.1, 0.15) is 0 Å². The molecule has 0 aliphatic carbocycles. The van der Waals surface area contributed by atoms with E-state index in [1.807, 2.05) is 0 Å². The fourth-order valence-electron chi connectivity index (χ4n) is 2.53. The number of hydrogen-bond acceptors (Lipinski definition) is 6. The molecule has 1 amide bonds. The molecule has 2 rings (SSSR count). The molecule has 0 aromatic heterocycles. The van der Waals surface area contributed by atoms with Gasteiger partial charge in [0.05, 0.1) is 41.4 Å². The molecule has 1 saturated heterocycles. The van der Waals surface area contributed by atoms with Crippen LogP contribution in [-0.4, -0.2) is 63.4 Å². The lowest BCUT2D eigenvalue weighted by Crippen LogP contribution is -2.38. The van der Waals surface area contributed by atoms with Gasteiger partial charge in [-0.2, -0.15) is 0 Å². The van der Waals surface area contributed by atoms with Gasteiger partial charge in [-0.3, -0.25) is 9.69 Å². The Morgan fingerprint density at radius 2 is 2.12 bits per heavy atom. The fourth-order valence-corrected chi connectivity index (χ4v) is 4.50. The molecule has 0 spiro atoms. The van der Waals surface area contributed by atoms with Gasteiger partial charge >= 0.3 is 5.97 Å². The highest BCUT2D eigenvalue weighted by Gasteiger charge is 2.31. The van der Waals surface area contributed by atoms with Crippen molar-refractivity contribution in [1.29, 1.82) is 0 Å². The number of halogens is 1. The van der Waals surface area contributed by atoms with Crippen molar-refractivity contribution in [2.75, 3.05) is 37.5 Å². The van der Waals surface area contributed by atoms with Crippen molar-refractivity contribution in [3.63, 3.8) is 0 Å². The Bertz CT molecular complexity index is 750. The molecule has 7 nitrogen and oxygen atoms in total. The first-order valence-corrected chi connectivity index (χ1v) is 9.50. The van der Waals surface area contributed by atoms with E-state index in [0.29, 0.717) is 17.1 Å². The van der Waals surface area contributed by atoms with Crippen molar-refractivity contribution in [3.05, 3.63) is 28.8 Å². The molecule has 9 heteroatoms. The van der Waals surface area contributed by atoms with Crippen molar-refractivity contribution in [3.8, 4) is 0 Å². The summed E-state index contributed by atoms with van der Waals surface area (Å²) in [6.07, 6.45) is 0.519. The molecule has 24 heavy (non-hydrogen) atoms. The molecular formula is C15H19ClN2O5S. The minimum Gasteiger partial charge on any atom is -0.465 e. The van der Waals surface area contributed by atoms with Gasteiger partial charge in [0.25, 0.3) is 0 Å². The molecule has 1 aliphatic rings. The van der Waals surface area contributed by atoms with E-state index in [1.54, 1.807) is 11.9 Å². The van der Waals surface area contributed by atoms with Crippen LogP contribution in [0.15, 0.2) is 18.2 Å². The third-order valence-electron chi connectivity index (χ3n) is 3.89. The number of esters is 1. The average Bonchev–Trinajstić information content (AvgIpc) is 2.89. The number of nitrogens with one attached hydrogen (secondary N) is 1. The molecule has 0 saturated carbocycles. The van der Waals surface area contributed by atoms with Gasteiger partial charge in [0, 0.05) is 6.04 Å². The Kier molecular flexibility index (Phi) is 5.84. The number of carbonyl (C=O) groups is 2. The van der Waals surface area contributed by atoms with Crippen LogP contribution in [0.25, 0.3) is 0 Å². The Morgan fingerprint density at radius 1 is 1.42 bits per heavy atom. The lowest BCUT2D eigenvalue weighted by Gasteiger charge is -2.22. The average molecular weight is 375 g/mol. The predicted molar refractivity (Wildman–Crippen MR) is 91.1 cm³/mol. The summed E-state index contributed by atoms with van der Waals surface area (Å²) in [5, 5.41) is 2.93. The lowest BCUT2D eigenvalue weighted by molar-refractivity contribution is -0.117. The summed E-state index contributed by atoms with van der Waals surface area (Å²) in [6.45, 7) is 0.0268. The first-order valence-electron chi connectivity index (χ1n) is 7.30. The lowest BCUT2D eigenvalue weighted by atomic mass is 10.2. The van der Waals surface area contributed by atoms with Crippen molar-refractivity contribution in [2.24, 2.45) is 0 Å². The Hall–Kier alpha value is -1.64. The summed E-state index contributed by atoms with van der Waals surface area (Å²) in [7, 11) is -0.0362. The highest BCUT2D eigenvalue weighted by Crippen LogP contribution is 2.24. The molecule has 132 valence electrons. The van der Waals surface area contributed by atoms with Crippen molar-refractivity contribution in [1.82, 2.24) is 4.90 Å². The molecular weight excluding hydrogens is 356 g/mol. The monoisotopic (exact) mass is 374 g/mol. The summed E-state index contributed by atoms with van der Waals surface area (Å²) in [5.74, 6) is -0.660. The number of amides is 1. The summed E-state index contributed by atoms with van der Waals surface area (Å²) in [6, 6.07) is 4.26. The van der Waals surface area contributed by atoms with Crippen LogP contribution in [0, 0.1) is 0 Å². The molecule has 1 atom stereocenters. The first kappa shape index (κ1) is 18.7. The number of sulfone groups is 1. The van der Waals surface area contributed by atoms with Gasteiger partial charge in [-0.15, -0.1) is 0 Å². The number of likely N-dealkylation sites (N-methyl/N-ethyl adjacent to an activating group) is 1. The van der Waals surface area contributed by atoms with E-state index in [0.717, 1.165) is 0 Å². The van der Waals surface area contributed by atoms with E-state index < -0.39 is 15.8 Å². The zero-order chi connectivity index (χ0) is 17.9. The molecule has 1 aromatic carbocycles. The van der Waals surface area contributed by atoms with Crippen molar-refractivity contribution < 1.29 is 22.7 Å². The van der Waals surface area contributed by atoms with E-state index in [1.165, 1.54) is 25.3 Å². The number of rotatable bonds is 5. The number of ether oxygens (including phenoxy) is 1. The predicted octanol–water partition coefficient (Wildman–Crippen LogP) is 1.18. The number of nitrogens with zero attached hydrogens (tertiary/aromatic N) is 1. The maximum Gasteiger partial charge on any atom is 0.337 e. The minimum absolute atomic E-state index is 0.0268. The van der Waals surface area contributed by atoms with E-state index >= 15 is 0 Å². The van der Waals surface area contributed by atoms with Crippen LogP contribution < -0.4 is 5.32 Å². The van der Waals surface area contributed by atoms with Gasteiger partial charge in [-0.05, 0) is 31.7 Å². The maximum absolute atomic E-state index is 12.2. The summed E-state index contributed by atoms with van der Waals surface area (Å²) in [4.78, 5) is 25.4. The van der Waals surface area contributed by atoms with Crippen LogP contribution in [0.4, 0.5) is 5.69 Å². The fraction of sp³-hybridized carbons (Fsp3) is 0.467.